The van der Waals surface area contributed by atoms with Gasteiger partial charge >= 0.3 is 0 Å². The molecule has 1 fully saturated rings. The molecule has 2 aliphatic heterocycles. The van der Waals surface area contributed by atoms with Gasteiger partial charge in [0.2, 0.25) is 0 Å². The van der Waals surface area contributed by atoms with Crippen LogP contribution in [0.3, 0.4) is 0 Å². The first-order chi connectivity index (χ1) is 14.6. The highest BCUT2D eigenvalue weighted by molar-refractivity contribution is 6.30. The highest BCUT2D eigenvalue weighted by atomic mass is 35.5. The van der Waals surface area contributed by atoms with E-state index in [0.717, 1.165) is 46.9 Å². The fourth-order valence-corrected chi connectivity index (χ4v) is 4.21. The van der Waals surface area contributed by atoms with Crippen LogP contribution in [0.2, 0.25) is 5.02 Å². The molecule has 30 heavy (non-hydrogen) atoms. The first-order valence-corrected chi connectivity index (χ1v) is 10.4. The monoisotopic (exact) mass is 420 g/mol. The van der Waals surface area contributed by atoms with Crippen molar-refractivity contribution >= 4 is 34.4 Å². The summed E-state index contributed by atoms with van der Waals surface area (Å²) in [5.41, 5.74) is 4.29. The van der Waals surface area contributed by atoms with E-state index in [4.69, 9.17) is 21.3 Å². The molecule has 0 atom stereocenters. The fraction of sp³-hybridized carbons (Fsp3) is 0.261. The van der Waals surface area contributed by atoms with Crippen LogP contribution in [-0.4, -0.2) is 47.0 Å². The predicted molar refractivity (Wildman–Crippen MR) is 117 cm³/mol. The van der Waals surface area contributed by atoms with E-state index < -0.39 is 0 Å². The molecule has 5 rings (SSSR count). The van der Waals surface area contributed by atoms with E-state index in [1.165, 1.54) is 0 Å². The van der Waals surface area contributed by atoms with Gasteiger partial charge < -0.3 is 14.5 Å². The van der Waals surface area contributed by atoms with Crippen LogP contribution < -0.4 is 9.64 Å². The Morgan fingerprint density at radius 3 is 2.53 bits per heavy atom. The first kappa shape index (κ1) is 18.9. The molecule has 152 valence electrons. The van der Waals surface area contributed by atoms with E-state index >= 15 is 0 Å². The van der Waals surface area contributed by atoms with E-state index in [-0.39, 0.29) is 5.91 Å². The van der Waals surface area contributed by atoms with Gasteiger partial charge in [-0.2, -0.15) is 0 Å². The standard InChI is InChI=1S/C23H21ClN4O2/c1-15-22(26-20-5-3-2-4-19(20)25-15)27-8-10-28(11-9-27)23(29)17-12-16-13-18(24)6-7-21(16)30-14-17/h2-7,13-14H,8-12H2,1H3. The minimum Gasteiger partial charge on any atom is -0.464 e. The number of ether oxygens (including phenoxy) is 1. The lowest BCUT2D eigenvalue weighted by Gasteiger charge is -2.36. The molecule has 2 aromatic carbocycles. The molecule has 0 radical (unpaired) electrons. The molecule has 3 heterocycles. The maximum Gasteiger partial charge on any atom is 0.253 e. The highest BCUT2D eigenvalue weighted by Gasteiger charge is 2.27. The van der Waals surface area contributed by atoms with Crippen molar-refractivity contribution in [2.24, 2.45) is 0 Å². The first-order valence-electron chi connectivity index (χ1n) is 10.0. The molecule has 6 nitrogen and oxygen atoms in total. The van der Waals surface area contributed by atoms with Crippen molar-refractivity contribution in [3.05, 3.63) is 70.6 Å². The fourth-order valence-electron chi connectivity index (χ4n) is 4.01. The third kappa shape index (κ3) is 3.48. The number of aromatic nitrogens is 2. The van der Waals surface area contributed by atoms with Crippen LogP contribution in [0, 0.1) is 6.92 Å². The lowest BCUT2D eigenvalue weighted by atomic mass is 10.0. The Hall–Kier alpha value is -3.12. The topological polar surface area (TPSA) is 58.6 Å². The van der Waals surface area contributed by atoms with Crippen molar-refractivity contribution in [1.82, 2.24) is 14.9 Å². The maximum absolute atomic E-state index is 13.0. The smallest absolute Gasteiger partial charge is 0.253 e. The number of carbonyl (C=O) groups is 1. The van der Waals surface area contributed by atoms with Crippen molar-refractivity contribution in [3.63, 3.8) is 0 Å². The Bertz CT molecular complexity index is 1170. The average Bonchev–Trinajstić information content (AvgIpc) is 2.77. The SMILES string of the molecule is Cc1nc2ccccc2nc1N1CCN(C(=O)C2=COc3ccc(Cl)cc3C2)CC1. The van der Waals surface area contributed by atoms with E-state index in [0.29, 0.717) is 30.1 Å². The molecule has 0 bridgehead atoms. The number of carbonyl (C=O) groups excluding carboxylic acids is 1. The summed E-state index contributed by atoms with van der Waals surface area (Å²) in [6, 6.07) is 13.4. The Labute approximate surface area is 179 Å². The largest absolute Gasteiger partial charge is 0.464 e. The van der Waals surface area contributed by atoms with Crippen molar-refractivity contribution < 1.29 is 9.53 Å². The molecular weight excluding hydrogens is 400 g/mol. The predicted octanol–water partition coefficient (Wildman–Crippen LogP) is 3.76. The van der Waals surface area contributed by atoms with Gasteiger partial charge in [-0.1, -0.05) is 23.7 Å². The Morgan fingerprint density at radius 1 is 1.03 bits per heavy atom. The van der Waals surface area contributed by atoms with Crippen LogP contribution in [0.25, 0.3) is 11.0 Å². The number of amides is 1. The summed E-state index contributed by atoms with van der Waals surface area (Å²) in [6.45, 7) is 4.68. The summed E-state index contributed by atoms with van der Waals surface area (Å²) in [5, 5.41) is 0.645. The number of anilines is 1. The van der Waals surface area contributed by atoms with Gasteiger partial charge in [-0.25, -0.2) is 9.97 Å². The summed E-state index contributed by atoms with van der Waals surface area (Å²) in [4.78, 5) is 26.6. The molecule has 0 saturated carbocycles. The second-order valence-electron chi connectivity index (χ2n) is 7.59. The van der Waals surface area contributed by atoms with E-state index in [2.05, 4.69) is 9.88 Å². The van der Waals surface area contributed by atoms with Crippen LogP contribution in [0.15, 0.2) is 54.3 Å². The molecule has 3 aromatic rings. The molecule has 0 unspecified atom stereocenters. The molecule has 0 spiro atoms. The average molecular weight is 421 g/mol. The number of fused-ring (bicyclic) bond motifs is 2. The molecule has 1 saturated heterocycles. The van der Waals surface area contributed by atoms with E-state index in [1.54, 1.807) is 12.3 Å². The number of piperazine rings is 1. The summed E-state index contributed by atoms with van der Waals surface area (Å²) in [7, 11) is 0. The number of hydrogen-bond acceptors (Lipinski definition) is 5. The van der Waals surface area contributed by atoms with Crippen LogP contribution in [0.4, 0.5) is 5.82 Å². The molecule has 1 aromatic heterocycles. The quantitative estimate of drug-likeness (QED) is 0.631. The zero-order chi connectivity index (χ0) is 20.7. The lowest BCUT2D eigenvalue weighted by molar-refractivity contribution is -0.127. The van der Waals surface area contributed by atoms with Gasteiger partial charge in [-0.05, 0) is 37.3 Å². The normalized spacial score (nSPS) is 16.1. The molecule has 0 aliphatic carbocycles. The lowest BCUT2D eigenvalue weighted by Crippen LogP contribution is -2.50. The van der Waals surface area contributed by atoms with E-state index in [9.17, 15) is 4.79 Å². The van der Waals surface area contributed by atoms with Crippen LogP contribution >= 0.6 is 11.6 Å². The van der Waals surface area contributed by atoms with Crippen LogP contribution in [-0.2, 0) is 11.2 Å². The number of aryl methyl sites for hydroxylation is 1. The highest BCUT2D eigenvalue weighted by Crippen LogP contribution is 2.30. The van der Waals surface area contributed by atoms with Crippen LogP contribution in [0.5, 0.6) is 5.75 Å². The molecule has 1 amide bonds. The summed E-state index contributed by atoms with van der Waals surface area (Å²) in [6.07, 6.45) is 2.11. The maximum atomic E-state index is 13.0. The van der Waals surface area contributed by atoms with Gasteiger partial charge in [0, 0.05) is 43.2 Å². The molecular formula is C23H21ClN4O2. The van der Waals surface area contributed by atoms with Crippen molar-refractivity contribution in [3.8, 4) is 5.75 Å². The minimum absolute atomic E-state index is 0.0154. The third-order valence-corrected chi connectivity index (χ3v) is 5.83. The molecule has 0 N–H and O–H groups in total. The number of rotatable bonds is 2. The Balaban J connectivity index is 1.28. The van der Waals surface area contributed by atoms with Crippen molar-refractivity contribution in [2.45, 2.75) is 13.3 Å². The molecule has 7 heteroatoms. The second kappa shape index (κ2) is 7.61. The number of halogens is 1. The summed E-state index contributed by atoms with van der Waals surface area (Å²) >= 11 is 6.09. The van der Waals surface area contributed by atoms with Gasteiger partial charge in [0.25, 0.3) is 5.91 Å². The number of nitrogens with zero attached hydrogens (tertiary/aromatic N) is 4. The third-order valence-electron chi connectivity index (χ3n) is 5.59. The number of hydrogen-bond donors (Lipinski definition) is 0. The molecule has 2 aliphatic rings. The van der Waals surface area contributed by atoms with Crippen molar-refractivity contribution in [1.29, 1.82) is 0 Å². The second-order valence-corrected chi connectivity index (χ2v) is 8.03. The van der Waals surface area contributed by atoms with E-state index in [1.807, 2.05) is 48.2 Å². The Kier molecular flexibility index (Phi) is 4.79. The van der Waals surface area contributed by atoms with Gasteiger partial charge in [-0.3, -0.25) is 4.79 Å². The van der Waals surface area contributed by atoms with Gasteiger partial charge in [-0.15, -0.1) is 0 Å². The summed E-state index contributed by atoms with van der Waals surface area (Å²) < 4.78 is 5.65. The Morgan fingerprint density at radius 2 is 1.77 bits per heavy atom. The van der Waals surface area contributed by atoms with Gasteiger partial charge in [0.05, 0.1) is 22.3 Å². The summed E-state index contributed by atoms with van der Waals surface area (Å²) in [5.74, 6) is 1.66. The van der Waals surface area contributed by atoms with Gasteiger partial charge in [0.15, 0.2) is 5.82 Å². The van der Waals surface area contributed by atoms with Crippen LogP contribution in [0.1, 0.15) is 11.3 Å². The van der Waals surface area contributed by atoms with Gasteiger partial charge in [0.1, 0.15) is 12.0 Å². The number of benzene rings is 2. The number of para-hydroxylation sites is 2. The zero-order valence-electron chi connectivity index (χ0n) is 16.6. The minimum atomic E-state index is 0.0154. The van der Waals surface area contributed by atoms with Crippen molar-refractivity contribution in [2.75, 3.05) is 31.1 Å². The zero-order valence-corrected chi connectivity index (χ0v) is 17.4.